The van der Waals surface area contributed by atoms with Gasteiger partial charge < -0.3 is 19.4 Å². The minimum atomic E-state index is -2.72. The van der Waals surface area contributed by atoms with Gasteiger partial charge in [0.1, 0.15) is 5.82 Å². The van der Waals surface area contributed by atoms with Gasteiger partial charge in [0.15, 0.2) is 17.8 Å². The molecular formula is C29H24Cl2F2N6O4. The second-order valence-corrected chi connectivity index (χ2v) is 11.2. The van der Waals surface area contributed by atoms with Crippen LogP contribution in [0.5, 0.6) is 11.9 Å². The van der Waals surface area contributed by atoms with Crippen LogP contribution in [0.3, 0.4) is 0 Å². The zero-order valence-electron chi connectivity index (χ0n) is 23.3. The Morgan fingerprint density at radius 3 is 2.49 bits per heavy atom. The maximum absolute atomic E-state index is 14.5. The fourth-order valence-electron chi connectivity index (χ4n) is 5.69. The monoisotopic (exact) mass is 628 g/mol. The predicted octanol–water partition coefficient (Wildman–Crippen LogP) is 6.04. The number of carbonyl (C=O) groups excluding carboxylic acids is 2. The number of halogens is 4. The first-order valence-electron chi connectivity index (χ1n) is 13.2. The van der Waals surface area contributed by atoms with Crippen molar-refractivity contribution in [1.82, 2.24) is 19.5 Å². The fraction of sp³-hybridized carbons (Fsp3) is 0.276. The molecular weight excluding hydrogens is 605 g/mol. The molecule has 1 spiro atoms. The molecule has 2 aliphatic rings. The van der Waals surface area contributed by atoms with E-state index >= 15 is 0 Å². The van der Waals surface area contributed by atoms with Gasteiger partial charge in [-0.2, -0.15) is 4.98 Å². The van der Waals surface area contributed by atoms with Gasteiger partial charge in [0, 0.05) is 33.5 Å². The number of anilines is 2. The van der Waals surface area contributed by atoms with Crippen LogP contribution in [0.1, 0.15) is 47.2 Å². The summed E-state index contributed by atoms with van der Waals surface area (Å²) in [6, 6.07) is 9.44. The highest BCUT2D eigenvalue weighted by Crippen LogP contribution is 2.55. The molecule has 2 aromatic heterocycles. The van der Waals surface area contributed by atoms with Gasteiger partial charge in [-0.1, -0.05) is 35.3 Å². The summed E-state index contributed by atoms with van der Waals surface area (Å²) in [5, 5.41) is 3.70. The summed E-state index contributed by atoms with van der Waals surface area (Å²) >= 11 is 12.7. The Labute approximate surface area is 254 Å². The van der Waals surface area contributed by atoms with Gasteiger partial charge in [0.05, 0.1) is 24.1 Å². The quantitative estimate of drug-likeness (QED) is 0.265. The lowest BCUT2D eigenvalue weighted by Gasteiger charge is -2.36. The number of nitrogens with one attached hydrogen (secondary N) is 1. The molecule has 1 unspecified atom stereocenters. The van der Waals surface area contributed by atoms with Crippen molar-refractivity contribution in [2.24, 2.45) is 0 Å². The van der Waals surface area contributed by atoms with E-state index in [1.165, 1.54) is 18.2 Å². The fourth-order valence-corrected chi connectivity index (χ4v) is 6.03. The van der Waals surface area contributed by atoms with Gasteiger partial charge >= 0.3 is 6.01 Å². The lowest BCUT2D eigenvalue weighted by Crippen LogP contribution is -2.51. The number of hydrogen-bond acceptors (Lipinski definition) is 7. The van der Waals surface area contributed by atoms with Crippen LogP contribution >= 0.6 is 23.2 Å². The Balaban J connectivity index is 1.65. The van der Waals surface area contributed by atoms with Crippen LogP contribution in [0, 0.1) is 6.92 Å². The van der Waals surface area contributed by atoms with Crippen molar-refractivity contribution in [2.45, 2.75) is 38.8 Å². The summed E-state index contributed by atoms with van der Waals surface area (Å²) in [4.78, 5) is 43.2. The number of hydrogen-bond donors (Lipinski definition) is 1. The molecule has 1 atom stereocenters. The number of imidazole rings is 1. The number of rotatable bonds is 7. The van der Waals surface area contributed by atoms with Crippen molar-refractivity contribution >= 4 is 46.4 Å². The number of aromatic nitrogens is 4. The molecule has 4 heterocycles. The van der Waals surface area contributed by atoms with Gasteiger partial charge in [-0.25, -0.2) is 18.7 Å². The molecule has 0 bridgehead atoms. The van der Waals surface area contributed by atoms with E-state index in [0.717, 1.165) is 0 Å². The first kappa shape index (κ1) is 28.8. The minimum absolute atomic E-state index is 0.0167. The number of carbonyl (C=O) groups is 2. The molecule has 43 heavy (non-hydrogen) atoms. The lowest BCUT2D eigenvalue weighted by molar-refractivity contribution is -0.119. The third kappa shape index (κ3) is 4.30. The molecule has 2 aromatic carbocycles. The zero-order valence-corrected chi connectivity index (χ0v) is 24.8. The minimum Gasteiger partial charge on any atom is -0.480 e. The van der Waals surface area contributed by atoms with E-state index in [0.29, 0.717) is 38.2 Å². The Kier molecular flexibility index (Phi) is 7.01. The Hall–Kier alpha value is -4.29. The predicted molar refractivity (Wildman–Crippen MR) is 156 cm³/mol. The SMILES string of the molecule is COc1nc(OCC(F)F)ncc1-c1nc2c(n1C(C)C)C1(C(=O)Nc3cc(Cl)ccc31)N(c1cc(Cl)ccc1C)C2=O. The summed E-state index contributed by atoms with van der Waals surface area (Å²) in [7, 11) is 1.35. The maximum atomic E-state index is 14.5. The van der Waals surface area contributed by atoms with Gasteiger partial charge in [-0.3, -0.25) is 14.5 Å². The topological polar surface area (TPSA) is 111 Å². The number of ether oxygens (including phenoxy) is 2. The van der Waals surface area contributed by atoms with Gasteiger partial charge in [0.25, 0.3) is 18.2 Å². The van der Waals surface area contributed by atoms with E-state index in [9.17, 15) is 18.4 Å². The summed E-state index contributed by atoms with van der Waals surface area (Å²) in [5.74, 6) is -0.793. The standard InChI is InChI=1S/C29H24Cl2F2N6O4/c1-13(2)38-23-22(36-24(38)17-11-34-28(37-25(17)42-4)43-12-21(32)33)26(40)39(20-10-16(31)6-5-14(20)3)29(23)18-8-7-15(30)9-19(18)35-27(29)41/h5-11,13,21H,12H2,1-4H3,(H,35,41). The van der Waals surface area contributed by atoms with Gasteiger partial charge in [0.2, 0.25) is 5.88 Å². The van der Waals surface area contributed by atoms with E-state index < -0.39 is 30.4 Å². The lowest BCUT2D eigenvalue weighted by atomic mass is 9.86. The summed E-state index contributed by atoms with van der Waals surface area (Å²) in [6.45, 7) is 4.67. The molecule has 0 saturated carbocycles. The Bertz CT molecular complexity index is 1810. The van der Waals surface area contributed by atoms with E-state index in [1.54, 1.807) is 41.0 Å². The highest BCUT2D eigenvalue weighted by molar-refractivity contribution is 6.32. The van der Waals surface area contributed by atoms with E-state index in [2.05, 4.69) is 15.3 Å². The van der Waals surface area contributed by atoms with Crippen LogP contribution in [-0.2, 0) is 10.3 Å². The average Bonchev–Trinajstić information content (AvgIpc) is 3.57. The molecule has 2 aliphatic heterocycles. The highest BCUT2D eigenvalue weighted by atomic mass is 35.5. The van der Waals surface area contributed by atoms with Gasteiger partial charge in [-0.15, -0.1) is 0 Å². The summed E-state index contributed by atoms with van der Waals surface area (Å²) in [6.07, 6.45) is -1.40. The number of amides is 2. The molecule has 6 rings (SSSR count). The van der Waals surface area contributed by atoms with E-state index in [-0.39, 0.29) is 35.0 Å². The van der Waals surface area contributed by atoms with Crippen LogP contribution in [0.15, 0.2) is 42.6 Å². The largest absolute Gasteiger partial charge is 0.480 e. The molecule has 222 valence electrons. The number of aryl methyl sites for hydroxylation is 1. The van der Waals surface area contributed by atoms with Crippen LogP contribution in [-0.4, -0.2) is 51.5 Å². The van der Waals surface area contributed by atoms with E-state index in [4.69, 9.17) is 37.7 Å². The third-order valence-electron chi connectivity index (χ3n) is 7.38. The normalized spacial score (nSPS) is 17.2. The highest BCUT2D eigenvalue weighted by Gasteiger charge is 2.64. The number of fused-ring (bicyclic) bond motifs is 4. The molecule has 2 amide bonds. The summed E-state index contributed by atoms with van der Waals surface area (Å²) < 4.78 is 37.6. The smallest absolute Gasteiger partial charge is 0.319 e. The number of methoxy groups -OCH3 is 1. The Morgan fingerprint density at radius 1 is 1.07 bits per heavy atom. The number of benzene rings is 2. The molecule has 14 heteroatoms. The zero-order chi connectivity index (χ0) is 30.8. The van der Waals surface area contributed by atoms with Crippen molar-refractivity contribution in [3.8, 4) is 23.3 Å². The summed E-state index contributed by atoms with van der Waals surface area (Å²) in [5.41, 5.74) is 1.02. The van der Waals surface area contributed by atoms with Crippen molar-refractivity contribution in [3.05, 3.63) is 75.2 Å². The van der Waals surface area contributed by atoms with Crippen molar-refractivity contribution < 1.29 is 27.8 Å². The molecule has 0 saturated heterocycles. The molecule has 0 fully saturated rings. The Morgan fingerprint density at radius 2 is 1.79 bits per heavy atom. The second kappa shape index (κ2) is 10.5. The van der Waals surface area contributed by atoms with Crippen LogP contribution in [0.2, 0.25) is 10.0 Å². The molecule has 10 nitrogen and oxygen atoms in total. The number of nitrogens with zero attached hydrogens (tertiary/aromatic N) is 5. The van der Waals surface area contributed by atoms with Crippen molar-refractivity contribution in [1.29, 1.82) is 0 Å². The van der Waals surface area contributed by atoms with Crippen LogP contribution < -0.4 is 19.7 Å². The van der Waals surface area contributed by atoms with Crippen LogP contribution in [0.25, 0.3) is 11.4 Å². The van der Waals surface area contributed by atoms with Crippen molar-refractivity contribution in [2.75, 3.05) is 23.9 Å². The molecule has 0 aliphatic carbocycles. The number of alkyl halides is 2. The molecule has 0 radical (unpaired) electrons. The maximum Gasteiger partial charge on any atom is 0.319 e. The third-order valence-corrected chi connectivity index (χ3v) is 7.85. The van der Waals surface area contributed by atoms with Crippen molar-refractivity contribution in [3.63, 3.8) is 0 Å². The molecule has 4 aromatic rings. The first-order chi connectivity index (χ1) is 20.5. The first-order valence-corrected chi connectivity index (χ1v) is 13.9. The van der Waals surface area contributed by atoms with Crippen LogP contribution in [0.4, 0.5) is 20.2 Å². The average molecular weight is 629 g/mol. The van der Waals surface area contributed by atoms with Gasteiger partial charge in [-0.05, 0) is 50.6 Å². The second-order valence-electron chi connectivity index (χ2n) is 10.3. The molecule has 1 N–H and O–H groups in total. The van der Waals surface area contributed by atoms with E-state index in [1.807, 2.05) is 20.8 Å².